The molecule has 11 rings (SSSR count). The molecule has 0 bridgehead atoms. The predicted octanol–water partition coefficient (Wildman–Crippen LogP) is 11.2. The van der Waals surface area contributed by atoms with Crippen LogP contribution in [0.5, 0.6) is 0 Å². The zero-order valence-corrected chi connectivity index (χ0v) is 28.3. The third-order valence-corrected chi connectivity index (χ3v) is 10.0. The highest BCUT2D eigenvalue weighted by molar-refractivity contribution is 6.23. The Morgan fingerprint density at radius 2 is 0.981 bits per heavy atom. The number of para-hydroxylation sites is 4. The average Bonchev–Trinajstić information content (AvgIpc) is 3.92. The number of hydrogen-bond donors (Lipinski definition) is 0. The molecule has 0 amide bonds. The van der Waals surface area contributed by atoms with E-state index in [1.807, 2.05) is 54.6 Å². The van der Waals surface area contributed by atoms with Crippen LogP contribution in [0.2, 0.25) is 0 Å². The van der Waals surface area contributed by atoms with Crippen LogP contribution in [0.3, 0.4) is 0 Å². The molecule has 0 unspecified atom stereocenters. The van der Waals surface area contributed by atoms with Gasteiger partial charge in [-0.05, 0) is 47.5 Å². The summed E-state index contributed by atoms with van der Waals surface area (Å²) in [5, 5.41) is 4.50. The molecule has 0 fully saturated rings. The molecule has 7 heteroatoms. The van der Waals surface area contributed by atoms with E-state index in [9.17, 15) is 0 Å². The van der Waals surface area contributed by atoms with E-state index in [-0.39, 0.29) is 0 Å². The number of nitrogens with zero attached hydrogens (tertiary/aromatic N) is 6. The van der Waals surface area contributed by atoms with Crippen molar-refractivity contribution in [2.24, 2.45) is 0 Å². The molecule has 11 aromatic rings. The second kappa shape index (κ2) is 11.6. The summed E-state index contributed by atoms with van der Waals surface area (Å²) in [6.07, 6.45) is 0. The van der Waals surface area contributed by atoms with Gasteiger partial charge in [-0.2, -0.15) is 9.97 Å². The first kappa shape index (κ1) is 29.4. The Morgan fingerprint density at radius 3 is 1.72 bits per heavy atom. The number of oxazole rings is 1. The summed E-state index contributed by atoms with van der Waals surface area (Å²) in [5.74, 6) is 1.70. The number of fused-ring (bicyclic) bond motifs is 8. The summed E-state index contributed by atoms with van der Waals surface area (Å²) < 4.78 is 10.8. The molecule has 0 aliphatic carbocycles. The lowest BCUT2D eigenvalue weighted by molar-refractivity contribution is 0.612. The molecule has 0 aliphatic heterocycles. The molecule has 0 N–H and O–H groups in total. The second-order valence-corrected chi connectivity index (χ2v) is 13.1. The van der Waals surface area contributed by atoms with Gasteiger partial charge >= 0.3 is 0 Å². The summed E-state index contributed by atoms with van der Waals surface area (Å²) in [4.78, 5) is 20.1. The number of rotatable bonds is 5. The van der Waals surface area contributed by atoms with Crippen LogP contribution >= 0.6 is 0 Å². The van der Waals surface area contributed by atoms with E-state index in [1.54, 1.807) is 0 Å². The first-order valence-electron chi connectivity index (χ1n) is 17.6. The fraction of sp³-hybridized carbons (Fsp3) is 0. The molecular weight excluding hydrogens is 653 g/mol. The van der Waals surface area contributed by atoms with Gasteiger partial charge in [0.25, 0.3) is 5.89 Å². The van der Waals surface area contributed by atoms with Gasteiger partial charge in [0, 0.05) is 32.8 Å². The van der Waals surface area contributed by atoms with Crippen molar-refractivity contribution < 1.29 is 4.42 Å². The van der Waals surface area contributed by atoms with Crippen molar-refractivity contribution in [3.05, 3.63) is 170 Å². The Labute approximate surface area is 303 Å². The third kappa shape index (κ3) is 4.61. The topological polar surface area (TPSA) is 74.6 Å². The largest absolute Gasteiger partial charge is 0.434 e. The number of benzene rings is 7. The van der Waals surface area contributed by atoms with E-state index >= 15 is 0 Å². The van der Waals surface area contributed by atoms with E-state index in [4.69, 9.17) is 24.4 Å². The molecule has 0 atom stereocenters. The Morgan fingerprint density at radius 1 is 0.396 bits per heavy atom. The van der Waals surface area contributed by atoms with Gasteiger partial charge in [-0.15, -0.1) is 0 Å². The minimum absolute atomic E-state index is 0.338. The molecule has 0 saturated carbocycles. The summed E-state index contributed by atoms with van der Waals surface area (Å²) in [7, 11) is 0. The lowest BCUT2D eigenvalue weighted by Crippen LogP contribution is -2.07. The van der Waals surface area contributed by atoms with Crippen LogP contribution in [0, 0.1) is 0 Å². The van der Waals surface area contributed by atoms with Crippen molar-refractivity contribution in [3.63, 3.8) is 0 Å². The van der Waals surface area contributed by atoms with Crippen LogP contribution in [0.15, 0.2) is 174 Å². The van der Waals surface area contributed by atoms with Crippen LogP contribution in [0.25, 0.3) is 101 Å². The van der Waals surface area contributed by atoms with Gasteiger partial charge in [-0.3, -0.25) is 4.57 Å². The first-order chi connectivity index (χ1) is 26.3. The van der Waals surface area contributed by atoms with Crippen LogP contribution in [0.1, 0.15) is 0 Å². The summed E-state index contributed by atoms with van der Waals surface area (Å²) in [6, 6.07) is 58.5. The molecule has 248 valence electrons. The molecule has 53 heavy (non-hydrogen) atoms. The molecule has 0 spiro atoms. The summed E-state index contributed by atoms with van der Waals surface area (Å²) in [5.41, 5.74) is 9.82. The van der Waals surface area contributed by atoms with Gasteiger partial charge in [0.05, 0.1) is 22.1 Å². The highest BCUT2D eigenvalue weighted by atomic mass is 16.3. The van der Waals surface area contributed by atoms with Gasteiger partial charge in [-0.25, -0.2) is 9.97 Å². The van der Waals surface area contributed by atoms with Crippen molar-refractivity contribution in [2.75, 3.05) is 0 Å². The van der Waals surface area contributed by atoms with Crippen molar-refractivity contribution in [1.82, 2.24) is 29.1 Å². The SMILES string of the molecule is c1ccc(-c2cccc(-n3c4ccccc4c4ccc5c6ccccc6n(-c6nc(-c7ccccc7)nc(-c7nc8ccccc8o7)n6)c5c43)c2)cc1. The van der Waals surface area contributed by atoms with E-state index < -0.39 is 0 Å². The minimum Gasteiger partial charge on any atom is -0.434 e. The van der Waals surface area contributed by atoms with Gasteiger partial charge < -0.3 is 8.98 Å². The van der Waals surface area contributed by atoms with Crippen LogP contribution in [0.4, 0.5) is 0 Å². The maximum Gasteiger partial charge on any atom is 0.266 e. The summed E-state index contributed by atoms with van der Waals surface area (Å²) >= 11 is 0. The fourth-order valence-electron chi connectivity index (χ4n) is 7.68. The molecule has 4 heterocycles. The van der Waals surface area contributed by atoms with Gasteiger partial charge in [0.1, 0.15) is 5.52 Å². The quantitative estimate of drug-likeness (QED) is 0.181. The monoisotopic (exact) mass is 680 g/mol. The first-order valence-corrected chi connectivity index (χ1v) is 17.6. The van der Waals surface area contributed by atoms with Gasteiger partial charge in [0.15, 0.2) is 11.4 Å². The van der Waals surface area contributed by atoms with Crippen molar-refractivity contribution >= 4 is 54.7 Å². The van der Waals surface area contributed by atoms with Crippen LogP contribution in [-0.4, -0.2) is 29.1 Å². The number of hydrogen-bond acceptors (Lipinski definition) is 5. The third-order valence-electron chi connectivity index (χ3n) is 10.0. The number of aromatic nitrogens is 6. The zero-order valence-electron chi connectivity index (χ0n) is 28.3. The summed E-state index contributed by atoms with van der Waals surface area (Å²) in [6.45, 7) is 0. The normalized spacial score (nSPS) is 11.8. The highest BCUT2D eigenvalue weighted by Gasteiger charge is 2.24. The predicted molar refractivity (Wildman–Crippen MR) is 212 cm³/mol. The fourth-order valence-corrected chi connectivity index (χ4v) is 7.68. The zero-order chi connectivity index (χ0) is 34.9. The lowest BCUT2D eigenvalue weighted by atomic mass is 10.1. The molecule has 0 saturated heterocycles. The molecule has 0 radical (unpaired) electrons. The molecule has 7 nitrogen and oxygen atoms in total. The van der Waals surface area contributed by atoms with Crippen LogP contribution < -0.4 is 0 Å². The van der Waals surface area contributed by atoms with E-state index in [2.05, 4.69) is 124 Å². The maximum absolute atomic E-state index is 6.25. The van der Waals surface area contributed by atoms with Crippen molar-refractivity contribution in [3.8, 4) is 45.9 Å². The van der Waals surface area contributed by atoms with Crippen molar-refractivity contribution in [1.29, 1.82) is 0 Å². The van der Waals surface area contributed by atoms with E-state index in [1.165, 1.54) is 10.9 Å². The highest BCUT2D eigenvalue weighted by Crippen LogP contribution is 2.42. The standard InChI is InChI=1S/C46H28N6O/c1-3-14-29(15-4-1)31-18-13-19-32(28-31)51-38-23-10-7-20-33(38)35-26-27-36-34-21-8-11-24-39(34)52(42(36)41(35)51)46-49-43(30-16-5-2-6-17-30)48-44(50-46)45-47-37-22-9-12-25-40(37)53-45/h1-28H. The molecule has 7 aromatic carbocycles. The average molecular weight is 681 g/mol. The van der Waals surface area contributed by atoms with Gasteiger partial charge in [-0.1, -0.05) is 133 Å². The minimum atomic E-state index is 0.338. The lowest BCUT2D eigenvalue weighted by Gasteiger charge is -2.13. The molecular formula is C46H28N6O. The smallest absolute Gasteiger partial charge is 0.266 e. The Bertz CT molecular complexity index is 3140. The van der Waals surface area contributed by atoms with Crippen LogP contribution in [-0.2, 0) is 0 Å². The maximum atomic E-state index is 6.25. The molecule has 4 aromatic heterocycles. The molecule has 0 aliphatic rings. The van der Waals surface area contributed by atoms with E-state index in [0.717, 1.165) is 60.6 Å². The van der Waals surface area contributed by atoms with Crippen molar-refractivity contribution in [2.45, 2.75) is 0 Å². The van der Waals surface area contributed by atoms with E-state index in [0.29, 0.717) is 29.1 Å². The van der Waals surface area contributed by atoms with Gasteiger partial charge in [0.2, 0.25) is 11.8 Å². The Hall–Kier alpha value is -7.38. The second-order valence-electron chi connectivity index (χ2n) is 13.1. The Balaban J connectivity index is 1.27. The Kier molecular flexibility index (Phi) is 6.42.